The summed E-state index contributed by atoms with van der Waals surface area (Å²) >= 11 is 0. The Kier molecular flexibility index (Phi) is 5.69. The van der Waals surface area contributed by atoms with Crippen molar-refractivity contribution in [3.63, 3.8) is 0 Å². The molecule has 0 amide bonds. The molecule has 9 heteroatoms. The molecule has 0 saturated carbocycles. The first kappa shape index (κ1) is 21.9. The van der Waals surface area contributed by atoms with Gasteiger partial charge >= 0.3 is 0 Å². The molecule has 2 aromatic carbocycles. The van der Waals surface area contributed by atoms with E-state index in [-0.39, 0.29) is 5.56 Å². The second-order valence-electron chi connectivity index (χ2n) is 8.22. The standard InChI is InChI=1S/C25H22F3N5O/c1-15-13-32(14-29-15)21-7-5-16(10-22(21)34-2)6-8-23-30-25-18(4-3-9-33(25)31-23)24-19(27)11-17(26)12-20(24)28/h5-8,10-14,18H,3-4,9H2,1-2H3/b8-6+. The summed E-state index contributed by atoms with van der Waals surface area (Å²) in [5.74, 6) is -1.80. The number of nitrogens with zero attached hydrogens (tertiary/aromatic N) is 5. The van der Waals surface area contributed by atoms with Gasteiger partial charge in [-0.2, -0.15) is 5.10 Å². The molecule has 0 aliphatic carbocycles. The van der Waals surface area contributed by atoms with E-state index in [9.17, 15) is 13.2 Å². The van der Waals surface area contributed by atoms with Gasteiger partial charge in [0.05, 0.1) is 24.8 Å². The average molecular weight is 465 g/mol. The number of ether oxygens (including phenoxy) is 1. The molecule has 0 bridgehead atoms. The van der Waals surface area contributed by atoms with E-state index in [0.29, 0.717) is 48.9 Å². The van der Waals surface area contributed by atoms with E-state index in [1.165, 1.54) is 0 Å². The summed E-state index contributed by atoms with van der Waals surface area (Å²) in [5.41, 5.74) is 2.47. The zero-order chi connectivity index (χ0) is 23.8. The van der Waals surface area contributed by atoms with Gasteiger partial charge in [-0.05, 0) is 43.5 Å². The molecule has 3 heterocycles. The van der Waals surface area contributed by atoms with Crippen molar-refractivity contribution in [3.05, 3.63) is 88.8 Å². The van der Waals surface area contributed by atoms with E-state index in [2.05, 4.69) is 15.1 Å². The van der Waals surface area contributed by atoms with Crippen molar-refractivity contribution in [3.8, 4) is 11.4 Å². The molecule has 34 heavy (non-hydrogen) atoms. The Morgan fingerprint density at radius 1 is 1.09 bits per heavy atom. The van der Waals surface area contributed by atoms with Crippen LogP contribution in [0.15, 0.2) is 42.9 Å². The summed E-state index contributed by atoms with van der Waals surface area (Å²) in [6.07, 6.45) is 8.43. The molecule has 0 saturated heterocycles. The van der Waals surface area contributed by atoms with Crippen LogP contribution < -0.4 is 4.74 Å². The largest absolute Gasteiger partial charge is 0.495 e. The van der Waals surface area contributed by atoms with Gasteiger partial charge in [0.25, 0.3) is 0 Å². The van der Waals surface area contributed by atoms with Crippen molar-refractivity contribution in [1.29, 1.82) is 0 Å². The highest BCUT2D eigenvalue weighted by Gasteiger charge is 2.30. The average Bonchev–Trinajstić information content (AvgIpc) is 3.43. The number of aromatic nitrogens is 5. The lowest BCUT2D eigenvalue weighted by molar-refractivity contribution is 0.413. The van der Waals surface area contributed by atoms with Gasteiger partial charge in [-0.3, -0.25) is 0 Å². The minimum Gasteiger partial charge on any atom is -0.495 e. The smallest absolute Gasteiger partial charge is 0.174 e. The zero-order valence-electron chi connectivity index (χ0n) is 18.7. The molecule has 0 N–H and O–H groups in total. The van der Waals surface area contributed by atoms with E-state index in [1.54, 1.807) is 24.2 Å². The van der Waals surface area contributed by atoms with Gasteiger partial charge in [0.1, 0.15) is 29.0 Å². The fraction of sp³-hybridized carbons (Fsp3) is 0.240. The molecule has 6 nitrogen and oxygen atoms in total. The molecule has 0 radical (unpaired) electrons. The number of aryl methyl sites for hydroxylation is 2. The van der Waals surface area contributed by atoms with Gasteiger partial charge in [0.2, 0.25) is 0 Å². The fourth-order valence-electron chi connectivity index (χ4n) is 4.33. The molecule has 0 spiro atoms. The molecule has 174 valence electrons. The minimum atomic E-state index is -0.940. The summed E-state index contributed by atoms with van der Waals surface area (Å²) in [7, 11) is 1.61. The molecule has 1 atom stereocenters. The van der Waals surface area contributed by atoms with Crippen LogP contribution in [0.25, 0.3) is 17.8 Å². The monoisotopic (exact) mass is 465 g/mol. The van der Waals surface area contributed by atoms with E-state index in [4.69, 9.17) is 4.74 Å². The number of methoxy groups -OCH3 is 1. The van der Waals surface area contributed by atoms with Crippen molar-refractivity contribution in [1.82, 2.24) is 24.3 Å². The van der Waals surface area contributed by atoms with Crippen molar-refractivity contribution in [2.24, 2.45) is 0 Å². The number of benzene rings is 2. The third-order valence-corrected chi connectivity index (χ3v) is 5.90. The Hall–Kier alpha value is -3.88. The lowest BCUT2D eigenvalue weighted by atomic mass is 9.90. The number of halogens is 3. The quantitative estimate of drug-likeness (QED) is 0.402. The van der Waals surface area contributed by atoms with Crippen LogP contribution in [-0.2, 0) is 6.54 Å². The first-order valence-corrected chi connectivity index (χ1v) is 10.9. The molecule has 4 aromatic rings. The lowest BCUT2D eigenvalue weighted by Gasteiger charge is -2.23. The molecular weight excluding hydrogens is 443 g/mol. The zero-order valence-corrected chi connectivity index (χ0v) is 18.7. The summed E-state index contributed by atoms with van der Waals surface area (Å²) < 4.78 is 51.3. The molecule has 1 aliphatic heterocycles. The SMILES string of the molecule is COc1cc(/C=C/c2nc3n(n2)CCCC3c2c(F)cc(F)cc2F)ccc1-n1cnc(C)c1. The topological polar surface area (TPSA) is 57.8 Å². The Morgan fingerprint density at radius 3 is 2.59 bits per heavy atom. The van der Waals surface area contributed by atoms with Crippen LogP contribution in [0.5, 0.6) is 5.75 Å². The van der Waals surface area contributed by atoms with Gasteiger partial charge in [-0.25, -0.2) is 27.8 Å². The highest BCUT2D eigenvalue weighted by Crippen LogP contribution is 2.35. The highest BCUT2D eigenvalue weighted by atomic mass is 19.1. The Morgan fingerprint density at radius 2 is 1.88 bits per heavy atom. The third kappa shape index (κ3) is 4.09. The maximum absolute atomic E-state index is 14.4. The minimum absolute atomic E-state index is 0.166. The molecule has 2 aromatic heterocycles. The Balaban J connectivity index is 1.43. The van der Waals surface area contributed by atoms with Crippen LogP contribution in [0.3, 0.4) is 0 Å². The number of rotatable bonds is 5. The van der Waals surface area contributed by atoms with Gasteiger partial charge in [0.15, 0.2) is 5.82 Å². The second-order valence-corrected chi connectivity index (χ2v) is 8.22. The summed E-state index contributed by atoms with van der Waals surface area (Å²) in [6.45, 7) is 2.52. The van der Waals surface area contributed by atoms with Crippen molar-refractivity contribution in [2.75, 3.05) is 7.11 Å². The van der Waals surface area contributed by atoms with Gasteiger partial charge in [0, 0.05) is 36.4 Å². The molecular formula is C25H22F3N5O. The number of hydrogen-bond donors (Lipinski definition) is 0. The maximum Gasteiger partial charge on any atom is 0.174 e. The van der Waals surface area contributed by atoms with Crippen LogP contribution in [0.4, 0.5) is 13.2 Å². The first-order chi connectivity index (χ1) is 16.4. The van der Waals surface area contributed by atoms with Crippen LogP contribution in [0, 0.1) is 24.4 Å². The van der Waals surface area contributed by atoms with E-state index in [0.717, 1.165) is 16.9 Å². The van der Waals surface area contributed by atoms with Crippen LogP contribution >= 0.6 is 0 Å². The number of fused-ring (bicyclic) bond motifs is 1. The summed E-state index contributed by atoms with van der Waals surface area (Å²) in [5, 5.41) is 4.49. The molecule has 0 fully saturated rings. The van der Waals surface area contributed by atoms with Gasteiger partial charge in [-0.15, -0.1) is 0 Å². The molecule has 5 rings (SSSR count). The number of hydrogen-bond acceptors (Lipinski definition) is 4. The second kappa shape index (κ2) is 8.81. The normalized spacial score (nSPS) is 15.6. The molecule has 1 unspecified atom stereocenters. The maximum atomic E-state index is 14.4. The lowest BCUT2D eigenvalue weighted by Crippen LogP contribution is -2.20. The van der Waals surface area contributed by atoms with Crippen LogP contribution in [0.1, 0.15) is 47.2 Å². The third-order valence-electron chi connectivity index (χ3n) is 5.90. The van der Waals surface area contributed by atoms with Crippen molar-refractivity contribution >= 4 is 12.2 Å². The van der Waals surface area contributed by atoms with Gasteiger partial charge in [-0.1, -0.05) is 12.1 Å². The number of imidazole rings is 1. The van der Waals surface area contributed by atoms with Crippen molar-refractivity contribution in [2.45, 2.75) is 32.2 Å². The Labute approximate surface area is 194 Å². The summed E-state index contributed by atoms with van der Waals surface area (Å²) in [4.78, 5) is 8.78. The summed E-state index contributed by atoms with van der Waals surface area (Å²) in [6, 6.07) is 7.17. The predicted octanol–water partition coefficient (Wildman–Crippen LogP) is 5.29. The predicted molar refractivity (Wildman–Crippen MR) is 121 cm³/mol. The van der Waals surface area contributed by atoms with E-state index in [1.807, 2.05) is 42.0 Å². The first-order valence-electron chi connectivity index (χ1n) is 10.9. The van der Waals surface area contributed by atoms with E-state index < -0.39 is 23.4 Å². The van der Waals surface area contributed by atoms with Crippen LogP contribution in [0.2, 0.25) is 0 Å². The fourth-order valence-corrected chi connectivity index (χ4v) is 4.33. The molecule has 1 aliphatic rings. The van der Waals surface area contributed by atoms with Crippen LogP contribution in [-0.4, -0.2) is 31.4 Å². The van der Waals surface area contributed by atoms with Crippen molar-refractivity contribution < 1.29 is 17.9 Å². The van der Waals surface area contributed by atoms with E-state index >= 15 is 0 Å². The highest BCUT2D eigenvalue weighted by molar-refractivity contribution is 5.69. The van der Waals surface area contributed by atoms with Gasteiger partial charge < -0.3 is 9.30 Å². The Bertz CT molecular complexity index is 1370.